The van der Waals surface area contributed by atoms with Crippen LogP contribution in [0.3, 0.4) is 0 Å². The zero-order valence-corrected chi connectivity index (χ0v) is 9.59. The number of halogens is 1. The maximum Gasteiger partial charge on any atom is 0.307 e. The van der Waals surface area contributed by atoms with Gasteiger partial charge in [-0.3, -0.25) is 4.79 Å². The van der Waals surface area contributed by atoms with E-state index in [1.807, 2.05) is 7.05 Å². The van der Waals surface area contributed by atoms with Crippen molar-refractivity contribution in [2.75, 3.05) is 13.6 Å². The molecule has 0 saturated carbocycles. The molecule has 3 nitrogen and oxygen atoms in total. The molecule has 0 spiro atoms. The lowest BCUT2D eigenvalue weighted by molar-refractivity contribution is -0.136. The average Bonchev–Trinajstić information content (AvgIpc) is 2.28. The van der Waals surface area contributed by atoms with Crippen molar-refractivity contribution in [3.05, 3.63) is 35.1 Å². The first-order valence-corrected chi connectivity index (χ1v) is 5.27. The van der Waals surface area contributed by atoms with Crippen LogP contribution in [0.15, 0.2) is 18.2 Å². The first kappa shape index (κ1) is 13.2. The van der Waals surface area contributed by atoms with Gasteiger partial charge in [0.05, 0.1) is 12.0 Å². The van der Waals surface area contributed by atoms with Crippen LogP contribution in [0.1, 0.15) is 17.5 Å². The Balaban J connectivity index is 2.81. The Bertz CT molecular complexity index is 460. The van der Waals surface area contributed by atoms with Gasteiger partial charge in [-0.15, -0.1) is 0 Å². The van der Waals surface area contributed by atoms with E-state index >= 15 is 0 Å². The quantitative estimate of drug-likeness (QED) is 0.613. The average molecular weight is 235 g/mol. The van der Waals surface area contributed by atoms with Crippen molar-refractivity contribution in [3.8, 4) is 11.8 Å². The van der Waals surface area contributed by atoms with Gasteiger partial charge in [-0.25, -0.2) is 4.39 Å². The lowest BCUT2D eigenvalue weighted by Crippen LogP contribution is -2.06. The van der Waals surface area contributed by atoms with Gasteiger partial charge in [-0.2, -0.15) is 0 Å². The summed E-state index contributed by atoms with van der Waals surface area (Å²) in [5.74, 6) is 4.17. The molecule has 1 aromatic rings. The van der Waals surface area contributed by atoms with Gasteiger partial charge >= 0.3 is 5.97 Å². The normalized spacial score (nSPS) is 9.53. The van der Waals surface area contributed by atoms with Crippen molar-refractivity contribution in [1.82, 2.24) is 5.32 Å². The molecule has 0 aliphatic heterocycles. The van der Waals surface area contributed by atoms with Gasteiger partial charge in [-0.05, 0) is 24.7 Å². The Hall–Kier alpha value is -1.86. The van der Waals surface area contributed by atoms with E-state index in [9.17, 15) is 9.18 Å². The minimum absolute atomic E-state index is 0.120. The van der Waals surface area contributed by atoms with Crippen LogP contribution in [0, 0.1) is 17.7 Å². The molecule has 2 N–H and O–H groups in total. The van der Waals surface area contributed by atoms with Crippen molar-refractivity contribution in [1.29, 1.82) is 0 Å². The highest BCUT2D eigenvalue weighted by Crippen LogP contribution is 2.10. The molecule has 1 aromatic carbocycles. The first-order valence-electron chi connectivity index (χ1n) is 5.27. The highest BCUT2D eigenvalue weighted by atomic mass is 19.1. The van der Waals surface area contributed by atoms with E-state index in [1.54, 1.807) is 0 Å². The summed E-state index contributed by atoms with van der Waals surface area (Å²) in [4.78, 5) is 10.5. The third kappa shape index (κ3) is 4.66. The predicted octanol–water partition coefficient (Wildman–Crippen LogP) is 1.41. The van der Waals surface area contributed by atoms with Gasteiger partial charge in [0.25, 0.3) is 0 Å². The molecular weight excluding hydrogens is 221 g/mol. The van der Waals surface area contributed by atoms with Gasteiger partial charge < -0.3 is 10.4 Å². The number of aliphatic carboxylic acids is 1. The Morgan fingerprint density at radius 1 is 1.53 bits per heavy atom. The number of carbonyl (C=O) groups is 1. The van der Waals surface area contributed by atoms with E-state index in [1.165, 1.54) is 18.2 Å². The van der Waals surface area contributed by atoms with Gasteiger partial charge in [0.15, 0.2) is 0 Å². The van der Waals surface area contributed by atoms with Gasteiger partial charge in [0.2, 0.25) is 0 Å². The second-order valence-corrected chi connectivity index (χ2v) is 3.54. The third-order valence-electron chi connectivity index (χ3n) is 2.11. The number of carboxylic acids is 1. The zero-order valence-electron chi connectivity index (χ0n) is 9.59. The molecule has 4 heteroatoms. The molecule has 0 bridgehead atoms. The highest BCUT2D eigenvalue weighted by Gasteiger charge is 2.04. The van der Waals surface area contributed by atoms with Crippen molar-refractivity contribution >= 4 is 5.97 Å². The van der Waals surface area contributed by atoms with Gasteiger partial charge in [0.1, 0.15) is 5.82 Å². The minimum atomic E-state index is -0.939. The molecule has 0 heterocycles. The van der Waals surface area contributed by atoms with E-state index in [2.05, 4.69) is 17.2 Å². The van der Waals surface area contributed by atoms with Crippen LogP contribution in [0.2, 0.25) is 0 Å². The minimum Gasteiger partial charge on any atom is -0.481 e. The topological polar surface area (TPSA) is 49.3 Å². The van der Waals surface area contributed by atoms with Crippen LogP contribution in [-0.2, 0) is 11.2 Å². The summed E-state index contributed by atoms with van der Waals surface area (Å²) in [7, 11) is 1.82. The Kier molecular flexibility index (Phi) is 5.18. The molecule has 0 unspecified atom stereocenters. The highest BCUT2D eigenvalue weighted by molar-refractivity contribution is 5.70. The predicted molar refractivity (Wildman–Crippen MR) is 63.2 cm³/mol. The fourth-order valence-electron chi connectivity index (χ4n) is 1.30. The largest absolute Gasteiger partial charge is 0.481 e. The Morgan fingerprint density at radius 2 is 2.29 bits per heavy atom. The molecule has 0 aliphatic rings. The van der Waals surface area contributed by atoms with Crippen molar-refractivity contribution in [2.45, 2.75) is 12.8 Å². The SMILES string of the molecule is CNCCC#Cc1cc(CC(=O)O)ccc1F. The second kappa shape index (κ2) is 6.66. The zero-order chi connectivity index (χ0) is 12.7. The number of rotatable bonds is 4. The van der Waals surface area contributed by atoms with E-state index < -0.39 is 11.8 Å². The van der Waals surface area contributed by atoms with Crippen molar-refractivity contribution < 1.29 is 14.3 Å². The summed E-state index contributed by atoms with van der Waals surface area (Å²) in [5.41, 5.74) is 0.802. The van der Waals surface area contributed by atoms with Crippen LogP contribution in [0.5, 0.6) is 0 Å². The van der Waals surface area contributed by atoms with Crippen LogP contribution in [0.4, 0.5) is 4.39 Å². The molecule has 90 valence electrons. The van der Waals surface area contributed by atoms with Crippen LogP contribution >= 0.6 is 0 Å². The molecule has 17 heavy (non-hydrogen) atoms. The standard InChI is InChI=1S/C13H14FNO2/c1-15-7-3-2-4-11-8-10(9-13(16)17)5-6-12(11)14/h5-6,8,15H,3,7,9H2,1H3,(H,16,17). The molecule has 0 saturated heterocycles. The molecule has 1 rings (SSSR count). The fraction of sp³-hybridized carbons (Fsp3) is 0.308. The van der Waals surface area contributed by atoms with E-state index in [0.717, 1.165) is 6.54 Å². The Morgan fingerprint density at radius 3 is 2.94 bits per heavy atom. The molecule has 0 radical (unpaired) electrons. The van der Waals surface area contributed by atoms with Crippen LogP contribution in [-0.4, -0.2) is 24.7 Å². The molecule has 0 fully saturated rings. The number of nitrogens with one attached hydrogen (secondary N) is 1. The molecular formula is C13H14FNO2. The number of benzene rings is 1. The summed E-state index contributed by atoms with van der Waals surface area (Å²) >= 11 is 0. The molecule has 0 aromatic heterocycles. The fourth-order valence-corrected chi connectivity index (χ4v) is 1.30. The second-order valence-electron chi connectivity index (χ2n) is 3.54. The maximum absolute atomic E-state index is 13.4. The first-order chi connectivity index (χ1) is 8.13. The summed E-state index contributed by atoms with van der Waals surface area (Å²) in [5, 5.41) is 11.6. The van der Waals surface area contributed by atoms with E-state index in [0.29, 0.717) is 12.0 Å². The number of carboxylic acid groups (broad SMARTS) is 1. The maximum atomic E-state index is 13.4. The van der Waals surface area contributed by atoms with E-state index in [4.69, 9.17) is 5.11 Å². The third-order valence-corrected chi connectivity index (χ3v) is 2.11. The smallest absolute Gasteiger partial charge is 0.307 e. The number of hydrogen-bond acceptors (Lipinski definition) is 2. The lowest BCUT2D eigenvalue weighted by Gasteiger charge is -1.99. The van der Waals surface area contributed by atoms with Crippen molar-refractivity contribution in [3.63, 3.8) is 0 Å². The van der Waals surface area contributed by atoms with Gasteiger partial charge in [0, 0.05) is 13.0 Å². The molecule has 0 aliphatic carbocycles. The molecule has 0 atom stereocenters. The summed E-state index contributed by atoms with van der Waals surface area (Å²) in [6, 6.07) is 4.19. The number of hydrogen-bond donors (Lipinski definition) is 2. The van der Waals surface area contributed by atoms with Crippen molar-refractivity contribution in [2.24, 2.45) is 0 Å². The lowest BCUT2D eigenvalue weighted by atomic mass is 10.1. The van der Waals surface area contributed by atoms with E-state index in [-0.39, 0.29) is 12.0 Å². The Labute approximate surface area is 99.7 Å². The molecule has 0 amide bonds. The van der Waals surface area contributed by atoms with Crippen LogP contribution in [0.25, 0.3) is 0 Å². The summed E-state index contributed by atoms with van der Waals surface area (Å²) in [6.07, 6.45) is 0.505. The summed E-state index contributed by atoms with van der Waals surface area (Å²) < 4.78 is 13.4. The monoisotopic (exact) mass is 235 g/mol. The summed E-state index contributed by atoms with van der Waals surface area (Å²) in [6.45, 7) is 0.740. The van der Waals surface area contributed by atoms with Gasteiger partial charge in [-0.1, -0.05) is 17.9 Å². The van der Waals surface area contributed by atoms with Crippen LogP contribution < -0.4 is 5.32 Å².